The molecule has 0 atom stereocenters. The zero-order valence-electron chi connectivity index (χ0n) is 21.1. The van der Waals surface area contributed by atoms with Gasteiger partial charge in [0.1, 0.15) is 18.1 Å². The number of hydrogen-bond donors (Lipinski definition) is 1. The maximum Gasteiger partial charge on any atom is 0.259 e. The summed E-state index contributed by atoms with van der Waals surface area (Å²) in [7, 11) is 0. The lowest BCUT2D eigenvalue weighted by atomic mass is 10.1. The molecule has 1 fully saturated rings. The molecule has 0 aliphatic carbocycles. The summed E-state index contributed by atoms with van der Waals surface area (Å²) in [5, 5.41) is 4.00. The lowest BCUT2D eigenvalue weighted by molar-refractivity contribution is -0.123. The largest absolute Gasteiger partial charge is 0.494 e. The minimum atomic E-state index is -0.549. The van der Waals surface area contributed by atoms with Crippen molar-refractivity contribution in [2.75, 3.05) is 26.2 Å². The highest BCUT2D eigenvalue weighted by Crippen LogP contribution is 2.28. The molecule has 3 aromatic rings. The first-order valence-corrected chi connectivity index (χ1v) is 12.8. The van der Waals surface area contributed by atoms with Crippen molar-refractivity contribution in [1.29, 1.82) is 0 Å². The third-order valence-electron chi connectivity index (χ3n) is 6.20. The van der Waals surface area contributed by atoms with Gasteiger partial charge in [-0.2, -0.15) is 0 Å². The van der Waals surface area contributed by atoms with Gasteiger partial charge in [0.2, 0.25) is 5.91 Å². The normalized spacial score (nSPS) is 14.4. The standard InChI is InChI=1S/C28H33ClFN3O3/c1-28(2,3)31-26(34)18-33-25(20-8-10-24(30)23(29)15-20)16-19-7-9-21(17-22(19)27(33)35)36-14-6-13-32-11-4-5-12-32/h7-10,15-17H,4-6,11-14,18H2,1-3H3,(H,31,34). The fourth-order valence-corrected chi connectivity index (χ4v) is 4.73. The summed E-state index contributed by atoms with van der Waals surface area (Å²) < 4.78 is 21.2. The Hall–Kier alpha value is -2.90. The monoisotopic (exact) mass is 513 g/mol. The van der Waals surface area contributed by atoms with Crippen molar-refractivity contribution < 1.29 is 13.9 Å². The van der Waals surface area contributed by atoms with Gasteiger partial charge in [-0.05, 0) is 100 Å². The summed E-state index contributed by atoms with van der Waals surface area (Å²) in [6, 6.07) is 11.5. The van der Waals surface area contributed by atoms with Gasteiger partial charge >= 0.3 is 0 Å². The number of amides is 1. The highest BCUT2D eigenvalue weighted by atomic mass is 35.5. The molecule has 36 heavy (non-hydrogen) atoms. The van der Waals surface area contributed by atoms with E-state index < -0.39 is 11.4 Å². The predicted molar refractivity (Wildman–Crippen MR) is 142 cm³/mol. The number of halogens is 2. The summed E-state index contributed by atoms with van der Waals surface area (Å²) in [5.74, 6) is -0.232. The Balaban J connectivity index is 1.66. The topological polar surface area (TPSA) is 63.6 Å². The molecule has 6 nitrogen and oxygen atoms in total. The average Bonchev–Trinajstić information content (AvgIpc) is 3.33. The second kappa shape index (κ2) is 11.0. The second-order valence-corrected chi connectivity index (χ2v) is 10.8. The van der Waals surface area contributed by atoms with Gasteiger partial charge in [0, 0.05) is 12.1 Å². The third kappa shape index (κ3) is 6.45. The summed E-state index contributed by atoms with van der Waals surface area (Å²) in [4.78, 5) is 28.9. The molecule has 2 heterocycles. The maximum absolute atomic E-state index is 13.8. The van der Waals surface area contributed by atoms with Crippen LogP contribution >= 0.6 is 11.6 Å². The van der Waals surface area contributed by atoms with Gasteiger partial charge in [-0.15, -0.1) is 0 Å². The Morgan fingerprint density at radius 3 is 2.56 bits per heavy atom. The number of likely N-dealkylation sites (tertiary alicyclic amines) is 1. The number of aromatic nitrogens is 1. The number of hydrogen-bond acceptors (Lipinski definition) is 4. The Bertz CT molecular complexity index is 1310. The molecule has 192 valence electrons. The van der Waals surface area contributed by atoms with Crippen LogP contribution in [0.5, 0.6) is 5.75 Å². The Morgan fingerprint density at radius 2 is 1.86 bits per heavy atom. The molecule has 8 heteroatoms. The summed E-state index contributed by atoms with van der Waals surface area (Å²) in [6.07, 6.45) is 3.44. The van der Waals surface area contributed by atoms with E-state index in [-0.39, 0.29) is 23.0 Å². The van der Waals surface area contributed by atoms with Crippen LogP contribution in [0.4, 0.5) is 4.39 Å². The van der Waals surface area contributed by atoms with E-state index in [0.29, 0.717) is 34.4 Å². The number of ether oxygens (including phenoxy) is 1. The van der Waals surface area contributed by atoms with Crippen molar-refractivity contribution in [3.63, 3.8) is 0 Å². The van der Waals surface area contributed by atoms with Gasteiger partial charge in [-0.3, -0.25) is 14.2 Å². The molecule has 0 spiro atoms. The number of carbonyl (C=O) groups is 1. The molecule has 0 radical (unpaired) electrons. The molecule has 0 unspecified atom stereocenters. The first-order valence-electron chi connectivity index (χ1n) is 12.4. The molecule has 2 aromatic carbocycles. The molecule has 1 saturated heterocycles. The molecule has 1 aliphatic rings. The van der Waals surface area contributed by atoms with Crippen molar-refractivity contribution in [1.82, 2.24) is 14.8 Å². The van der Waals surface area contributed by atoms with Gasteiger partial charge < -0.3 is 15.0 Å². The maximum atomic E-state index is 13.8. The van der Waals surface area contributed by atoms with Crippen LogP contribution in [0, 0.1) is 5.82 Å². The lowest BCUT2D eigenvalue weighted by Crippen LogP contribution is -2.43. The second-order valence-electron chi connectivity index (χ2n) is 10.3. The van der Waals surface area contributed by atoms with Crippen molar-refractivity contribution in [3.05, 3.63) is 63.7 Å². The van der Waals surface area contributed by atoms with Crippen molar-refractivity contribution >= 4 is 28.3 Å². The third-order valence-corrected chi connectivity index (χ3v) is 6.49. The number of pyridine rings is 1. The summed E-state index contributed by atoms with van der Waals surface area (Å²) >= 11 is 6.03. The molecular formula is C28H33ClFN3O3. The Morgan fingerprint density at radius 1 is 1.11 bits per heavy atom. The zero-order chi connectivity index (χ0) is 25.9. The number of nitrogens with zero attached hydrogens (tertiary/aromatic N) is 2. The van der Waals surface area contributed by atoms with Crippen LogP contribution in [-0.4, -0.2) is 47.2 Å². The minimum absolute atomic E-state index is 0.0524. The highest BCUT2D eigenvalue weighted by molar-refractivity contribution is 6.31. The zero-order valence-corrected chi connectivity index (χ0v) is 21.8. The number of fused-ring (bicyclic) bond motifs is 1. The molecule has 1 aliphatic heterocycles. The molecule has 4 rings (SSSR count). The molecule has 1 amide bonds. The van der Waals surface area contributed by atoms with Crippen LogP contribution in [-0.2, 0) is 11.3 Å². The molecule has 1 aromatic heterocycles. The Labute approximate surface area is 216 Å². The smallest absolute Gasteiger partial charge is 0.259 e. The molecule has 1 N–H and O–H groups in total. The number of nitrogens with one attached hydrogen (secondary N) is 1. The first kappa shape index (κ1) is 26.2. The van der Waals surface area contributed by atoms with Crippen molar-refractivity contribution in [2.24, 2.45) is 0 Å². The van der Waals surface area contributed by atoms with Crippen LogP contribution in [0.15, 0.2) is 47.3 Å². The highest BCUT2D eigenvalue weighted by Gasteiger charge is 2.19. The van der Waals surface area contributed by atoms with Gasteiger partial charge in [0.25, 0.3) is 5.56 Å². The lowest BCUT2D eigenvalue weighted by Gasteiger charge is -2.22. The fraction of sp³-hybridized carbons (Fsp3) is 0.429. The van der Waals surface area contributed by atoms with E-state index in [2.05, 4.69) is 10.2 Å². The quantitative estimate of drug-likeness (QED) is 0.418. The van der Waals surface area contributed by atoms with Crippen LogP contribution in [0.25, 0.3) is 22.0 Å². The van der Waals surface area contributed by atoms with Gasteiger partial charge in [0.15, 0.2) is 0 Å². The average molecular weight is 514 g/mol. The first-order chi connectivity index (χ1) is 17.1. The van der Waals surface area contributed by atoms with E-state index in [9.17, 15) is 14.0 Å². The number of carbonyl (C=O) groups excluding carboxylic acids is 1. The van der Waals surface area contributed by atoms with Gasteiger partial charge in [0.05, 0.1) is 22.7 Å². The Kier molecular flexibility index (Phi) is 8.00. The summed E-state index contributed by atoms with van der Waals surface area (Å²) in [6.45, 7) is 9.33. The van der Waals surface area contributed by atoms with Crippen LogP contribution in [0.3, 0.4) is 0 Å². The van der Waals surface area contributed by atoms with E-state index in [1.54, 1.807) is 12.1 Å². The number of benzene rings is 2. The van der Waals surface area contributed by atoms with Crippen molar-refractivity contribution in [2.45, 2.75) is 52.1 Å². The summed E-state index contributed by atoms with van der Waals surface area (Å²) in [5.41, 5.74) is 0.255. The van der Waals surface area contributed by atoms with Crippen LogP contribution < -0.4 is 15.6 Å². The number of rotatable bonds is 8. The fourth-order valence-electron chi connectivity index (χ4n) is 4.55. The molecular weight excluding hydrogens is 481 g/mol. The molecule has 0 bridgehead atoms. The van der Waals surface area contributed by atoms with E-state index in [1.807, 2.05) is 39.0 Å². The SMILES string of the molecule is CC(C)(C)NC(=O)Cn1c(-c2ccc(F)c(Cl)c2)cc2ccc(OCCCN3CCCC3)cc2c1=O. The van der Waals surface area contributed by atoms with E-state index in [1.165, 1.54) is 29.5 Å². The van der Waals surface area contributed by atoms with Gasteiger partial charge in [-0.1, -0.05) is 17.7 Å². The minimum Gasteiger partial charge on any atom is -0.494 e. The molecule has 0 saturated carbocycles. The van der Waals surface area contributed by atoms with E-state index in [0.717, 1.165) is 26.1 Å². The predicted octanol–water partition coefficient (Wildman–Crippen LogP) is 5.24. The van der Waals surface area contributed by atoms with E-state index in [4.69, 9.17) is 16.3 Å². The van der Waals surface area contributed by atoms with E-state index >= 15 is 0 Å². The van der Waals surface area contributed by atoms with Crippen LogP contribution in [0.1, 0.15) is 40.0 Å². The van der Waals surface area contributed by atoms with Gasteiger partial charge in [-0.25, -0.2) is 4.39 Å². The van der Waals surface area contributed by atoms with Crippen LogP contribution in [0.2, 0.25) is 5.02 Å². The van der Waals surface area contributed by atoms with Crippen molar-refractivity contribution in [3.8, 4) is 17.0 Å².